The molecule has 4 heterocycles. The molecule has 13 heteroatoms. The van der Waals surface area contributed by atoms with E-state index in [0.717, 1.165) is 24.5 Å². The van der Waals surface area contributed by atoms with Crippen LogP contribution in [-0.2, 0) is 30.9 Å². The van der Waals surface area contributed by atoms with Crippen LogP contribution in [-0.4, -0.2) is 71.2 Å². The van der Waals surface area contributed by atoms with E-state index < -0.39 is 34.4 Å². The predicted octanol–water partition coefficient (Wildman–Crippen LogP) is -0.508. The number of rotatable bonds is 6. The molecule has 0 aromatic carbocycles. The number of nitrogens with one attached hydrogen (secondary N) is 2. The van der Waals surface area contributed by atoms with Crippen LogP contribution in [0.25, 0.3) is 0 Å². The average Bonchev–Trinajstić information content (AvgIpc) is 3.15. The summed E-state index contributed by atoms with van der Waals surface area (Å²) in [6.07, 6.45) is 0.674. The molecular formula is C16H23N5O7S. The van der Waals surface area contributed by atoms with Gasteiger partial charge >= 0.3 is 16.4 Å². The molecule has 160 valence electrons. The SMILES string of the molecule is Cc1ccc2n1CCNC2CONC(=O)[C@@H]1CC[C@@H]2CN1C(=O)N2OS(=O)(=O)O. The van der Waals surface area contributed by atoms with Crippen molar-refractivity contribution in [1.29, 1.82) is 0 Å². The highest BCUT2D eigenvalue weighted by molar-refractivity contribution is 7.80. The number of piperidine rings is 1. The fourth-order valence-electron chi connectivity index (χ4n) is 4.17. The van der Waals surface area contributed by atoms with Crippen LogP contribution in [0.5, 0.6) is 0 Å². The van der Waals surface area contributed by atoms with Crippen LogP contribution in [0.2, 0.25) is 0 Å². The number of aryl methyl sites for hydroxylation is 1. The van der Waals surface area contributed by atoms with Crippen LogP contribution in [0.1, 0.15) is 30.3 Å². The zero-order chi connectivity index (χ0) is 20.8. The van der Waals surface area contributed by atoms with E-state index in [-0.39, 0.29) is 19.2 Å². The fraction of sp³-hybridized carbons (Fsp3) is 0.625. The minimum atomic E-state index is -4.82. The van der Waals surface area contributed by atoms with Gasteiger partial charge in [-0.15, -0.1) is 4.28 Å². The summed E-state index contributed by atoms with van der Waals surface area (Å²) < 4.78 is 37.2. The summed E-state index contributed by atoms with van der Waals surface area (Å²) in [7, 11) is -4.82. The maximum atomic E-state index is 12.5. The van der Waals surface area contributed by atoms with Crippen molar-refractivity contribution in [2.45, 2.75) is 44.4 Å². The molecule has 2 bridgehead atoms. The Balaban J connectivity index is 1.33. The summed E-state index contributed by atoms with van der Waals surface area (Å²) in [5.74, 6) is -0.493. The van der Waals surface area contributed by atoms with Crippen LogP contribution in [0.3, 0.4) is 0 Å². The molecule has 3 atom stereocenters. The molecule has 3 N–H and O–H groups in total. The molecule has 12 nitrogen and oxygen atoms in total. The molecule has 0 radical (unpaired) electrons. The summed E-state index contributed by atoms with van der Waals surface area (Å²) in [5.41, 5.74) is 4.64. The second kappa shape index (κ2) is 7.57. The van der Waals surface area contributed by atoms with Crippen molar-refractivity contribution in [2.24, 2.45) is 0 Å². The molecule has 3 aliphatic rings. The van der Waals surface area contributed by atoms with Crippen molar-refractivity contribution in [3.63, 3.8) is 0 Å². The van der Waals surface area contributed by atoms with Crippen LogP contribution >= 0.6 is 0 Å². The Labute approximate surface area is 167 Å². The fourth-order valence-corrected chi connectivity index (χ4v) is 4.56. The van der Waals surface area contributed by atoms with Crippen LogP contribution in [0.4, 0.5) is 4.79 Å². The van der Waals surface area contributed by atoms with Crippen LogP contribution in [0.15, 0.2) is 12.1 Å². The number of carbonyl (C=O) groups excluding carboxylic acids is 2. The van der Waals surface area contributed by atoms with Crippen LogP contribution in [0, 0.1) is 6.92 Å². The van der Waals surface area contributed by atoms with E-state index in [0.29, 0.717) is 17.9 Å². The number of fused-ring (bicyclic) bond motifs is 3. The normalized spacial score (nSPS) is 26.6. The van der Waals surface area contributed by atoms with E-state index in [1.807, 2.05) is 19.1 Å². The molecule has 0 spiro atoms. The number of nitrogens with zero attached hydrogens (tertiary/aromatic N) is 3. The molecule has 0 aliphatic carbocycles. The molecule has 1 unspecified atom stereocenters. The quantitative estimate of drug-likeness (QED) is 0.405. The van der Waals surface area contributed by atoms with Gasteiger partial charge in [0, 0.05) is 31.0 Å². The lowest BCUT2D eigenvalue weighted by Crippen LogP contribution is -2.50. The second-order valence-corrected chi connectivity index (χ2v) is 8.35. The summed E-state index contributed by atoms with van der Waals surface area (Å²) in [4.78, 5) is 31.5. The van der Waals surface area contributed by atoms with Gasteiger partial charge in [-0.05, 0) is 31.9 Å². The Kier molecular flexibility index (Phi) is 5.25. The molecule has 2 saturated heterocycles. The second-order valence-electron chi connectivity index (χ2n) is 7.35. The lowest BCUT2D eigenvalue weighted by Gasteiger charge is -2.30. The lowest BCUT2D eigenvalue weighted by molar-refractivity contribution is -0.139. The van der Waals surface area contributed by atoms with Crippen molar-refractivity contribution in [1.82, 2.24) is 25.3 Å². The van der Waals surface area contributed by atoms with E-state index in [1.54, 1.807) is 0 Å². The van der Waals surface area contributed by atoms with E-state index in [1.165, 1.54) is 4.90 Å². The average molecular weight is 429 g/mol. The molecule has 2 fully saturated rings. The minimum absolute atomic E-state index is 0.0689. The van der Waals surface area contributed by atoms with Crippen molar-refractivity contribution in [2.75, 3.05) is 19.7 Å². The third-order valence-corrected chi connectivity index (χ3v) is 5.89. The van der Waals surface area contributed by atoms with E-state index in [4.69, 9.17) is 9.39 Å². The lowest BCUT2D eigenvalue weighted by atomic mass is 10.0. The third-order valence-electron chi connectivity index (χ3n) is 5.54. The van der Waals surface area contributed by atoms with Gasteiger partial charge in [0.05, 0.1) is 18.7 Å². The highest BCUT2D eigenvalue weighted by Gasteiger charge is 2.49. The van der Waals surface area contributed by atoms with Gasteiger partial charge in [0.15, 0.2) is 0 Å². The number of amides is 3. The largest absolute Gasteiger partial charge is 0.418 e. The molecule has 1 aromatic rings. The predicted molar refractivity (Wildman–Crippen MR) is 97.4 cm³/mol. The monoisotopic (exact) mass is 429 g/mol. The number of carbonyl (C=O) groups is 2. The number of hydrogen-bond acceptors (Lipinski definition) is 7. The maximum absolute atomic E-state index is 12.5. The smallest absolute Gasteiger partial charge is 0.346 e. The van der Waals surface area contributed by atoms with Crippen molar-refractivity contribution in [3.05, 3.63) is 23.5 Å². The first-order chi connectivity index (χ1) is 13.7. The minimum Gasteiger partial charge on any atom is -0.346 e. The first-order valence-electron chi connectivity index (χ1n) is 9.32. The van der Waals surface area contributed by atoms with Gasteiger partial charge in [-0.1, -0.05) is 0 Å². The van der Waals surface area contributed by atoms with Crippen molar-refractivity contribution in [3.8, 4) is 0 Å². The maximum Gasteiger partial charge on any atom is 0.418 e. The van der Waals surface area contributed by atoms with Gasteiger partial charge in [0.25, 0.3) is 5.91 Å². The van der Waals surface area contributed by atoms with Gasteiger partial charge in [-0.25, -0.2) is 10.3 Å². The number of hydrogen-bond donors (Lipinski definition) is 3. The zero-order valence-corrected chi connectivity index (χ0v) is 16.6. The summed E-state index contributed by atoms with van der Waals surface area (Å²) >= 11 is 0. The van der Waals surface area contributed by atoms with Gasteiger partial charge in [-0.3, -0.25) is 14.2 Å². The molecule has 0 saturated carbocycles. The van der Waals surface area contributed by atoms with Crippen molar-refractivity contribution >= 4 is 22.3 Å². The Hall–Kier alpha value is -2.19. The zero-order valence-electron chi connectivity index (χ0n) is 15.8. The Bertz CT molecular complexity index is 917. The van der Waals surface area contributed by atoms with Crippen LogP contribution < -0.4 is 10.8 Å². The van der Waals surface area contributed by atoms with E-state index in [2.05, 4.69) is 19.6 Å². The molecule has 1 aromatic heterocycles. The highest BCUT2D eigenvalue weighted by Crippen LogP contribution is 2.30. The Morgan fingerprint density at radius 3 is 2.93 bits per heavy atom. The number of hydroxylamine groups is 3. The van der Waals surface area contributed by atoms with Gasteiger partial charge in [-0.2, -0.15) is 13.5 Å². The number of urea groups is 1. The first-order valence-corrected chi connectivity index (χ1v) is 10.7. The summed E-state index contributed by atoms with van der Waals surface area (Å²) in [5, 5.41) is 3.94. The first kappa shape index (κ1) is 20.1. The molecule has 29 heavy (non-hydrogen) atoms. The highest BCUT2D eigenvalue weighted by atomic mass is 32.3. The van der Waals surface area contributed by atoms with Gasteiger partial charge < -0.3 is 14.8 Å². The van der Waals surface area contributed by atoms with Crippen molar-refractivity contribution < 1.29 is 31.7 Å². The molecule has 4 rings (SSSR count). The topological polar surface area (TPSA) is 142 Å². The Morgan fingerprint density at radius 1 is 1.38 bits per heavy atom. The van der Waals surface area contributed by atoms with E-state index in [9.17, 15) is 18.0 Å². The third kappa shape index (κ3) is 3.96. The van der Waals surface area contributed by atoms with Gasteiger partial charge in [0.2, 0.25) is 0 Å². The summed E-state index contributed by atoms with van der Waals surface area (Å²) in [6.45, 7) is 4.05. The molecular weight excluding hydrogens is 406 g/mol. The Morgan fingerprint density at radius 2 is 2.17 bits per heavy atom. The standard InChI is InChI=1S/C16H23N5O7S/c1-10-2-4-13-12(17-6-7-19(10)13)9-27-18-15(22)14-5-3-11-8-20(14)16(23)21(11)28-29(24,25)26/h2,4,11-12,14,17H,3,5-9H2,1H3,(H,18,22)(H,24,25,26)/t11-,12?,14+/m1/s1. The number of aromatic nitrogens is 1. The molecule has 3 amide bonds. The van der Waals surface area contributed by atoms with E-state index >= 15 is 0 Å². The molecule has 3 aliphatic heterocycles. The summed E-state index contributed by atoms with van der Waals surface area (Å²) in [6, 6.07) is 1.85. The van der Waals surface area contributed by atoms with Gasteiger partial charge in [0.1, 0.15) is 6.04 Å².